The minimum atomic E-state index is -0.678. The van der Waals surface area contributed by atoms with Gasteiger partial charge in [-0.2, -0.15) is 0 Å². The van der Waals surface area contributed by atoms with Gasteiger partial charge in [0.2, 0.25) is 0 Å². The highest BCUT2D eigenvalue weighted by atomic mass is 79.9. The molecule has 2 aliphatic rings. The number of hydrogen-bond acceptors (Lipinski definition) is 2. The maximum Gasteiger partial charge on any atom is 0.255 e. The van der Waals surface area contributed by atoms with Crippen LogP contribution in [-0.2, 0) is 0 Å². The smallest absolute Gasteiger partial charge is 0.255 e. The zero-order chi connectivity index (χ0) is 12.9. The number of amides is 1. The number of β-amino-alcohol motifs (C(OH)–C–C–N with tert-alkyl or cyclic N) is 1. The highest BCUT2D eigenvalue weighted by Crippen LogP contribution is 2.44. The average molecular weight is 314 g/mol. The standard InChI is InChI=1S/C13H13BrFNO2/c14-11-5-9(15)3-4-10(11)12(17)16-6-13(18,7-16)8-1-2-8/h3-5,8,18H,1-2,6-7H2. The summed E-state index contributed by atoms with van der Waals surface area (Å²) in [5.41, 5.74) is -0.239. The highest BCUT2D eigenvalue weighted by molar-refractivity contribution is 9.10. The van der Waals surface area contributed by atoms with Gasteiger partial charge in [0.05, 0.1) is 18.7 Å². The van der Waals surface area contributed by atoms with Gasteiger partial charge in [-0.1, -0.05) is 0 Å². The largest absolute Gasteiger partial charge is 0.386 e. The molecule has 18 heavy (non-hydrogen) atoms. The normalized spacial score (nSPS) is 21.6. The van der Waals surface area contributed by atoms with E-state index in [4.69, 9.17) is 0 Å². The van der Waals surface area contributed by atoms with Crippen LogP contribution in [0.2, 0.25) is 0 Å². The van der Waals surface area contributed by atoms with Crippen LogP contribution in [0.4, 0.5) is 4.39 Å². The van der Waals surface area contributed by atoms with E-state index in [1.54, 1.807) is 4.90 Å². The molecule has 0 spiro atoms. The molecule has 96 valence electrons. The van der Waals surface area contributed by atoms with E-state index in [9.17, 15) is 14.3 Å². The Bertz CT molecular complexity index is 510. The molecule has 0 atom stereocenters. The monoisotopic (exact) mass is 313 g/mol. The van der Waals surface area contributed by atoms with Crippen LogP contribution in [0.3, 0.4) is 0 Å². The SMILES string of the molecule is O=C(c1ccc(F)cc1Br)N1CC(O)(C2CC2)C1. The number of benzene rings is 1. The van der Waals surface area contributed by atoms with Gasteiger partial charge in [-0.3, -0.25) is 4.79 Å². The molecule has 0 unspecified atom stereocenters. The second-order valence-corrected chi connectivity index (χ2v) is 6.02. The number of carbonyl (C=O) groups is 1. The molecule has 1 N–H and O–H groups in total. The topological polar surface area (TPSA) is 40.5 Å². The number of likely N-dealkylation sites (tertiary alicyclic amines) is 1. The van der Waals surface area contributed by atoms with Crippen LogP contribution in [0.25, 0.3) is 0 Å². The summed E-state index contributed by atoms with van der Waals surface area (Å²) in [4.78, 5) is 13.8. The van der Waals surface area contributed by atoms with Crippen molar-refractivity contribution in [3.8, 4) is 0 Å². The van der Waals surface area contributed by atoms with E-state index in [-0.39, 0.29) is 11.7 Å². The Hall–Kier alpha value is -0.940. The maximum atomic E-state index is 13.0. The van der Waals surface area contributed by atoms with Crippen molar-refractivity contribution in [3.05, 3.63) is 34.1 Å². The Labute approximate surface area is 113 Å². The summed E-state index contributed by atoms with van der Waals surface area (Å²) in [5, 5.41) is 10.2. The Kier molecular flexibility index (Phi) is 2.71. The van der Waals surface area contributed by atoms with Crippen LogP contribution >= 0.6 is 15.9 Å². The zero-order valence-electron chi connectivity index (χ0n) is 9.70. The third kappa shape index (κ3) is 1.95. The fourth-order valence-corrected chi connectivity index (χ4v) is 2.99. The quantitative estimate of drug-likeness (QED) is 0.909. The molecule has 0 radical (unpaired) electrons. The van der Waals surface area contributed by atoms with Gasteiger partial charge in [0, 0.05) is 4.47 Å². The number of hydrogen-bond donors (Lipinski definition) is 1. The zero-order valence-corrected chi connectivity index (χ0v) is 11.3. The van der Waals surface area contributed by atoms with Crippen LogP contribution in [-0.4, -0.2) is 34.6 Å². The van der Waals surface area contributed by atoms with Crippen molar-refractivity contribution in [2.75, 3.05) is 13.1 Å². The molecule has 1 heterocycles. The van der Waals surface area contributed by atoms with Gasteiger partial charge in [0.25, 0.3) is 5.91 Å². The fraction of sp³-hybridized carbons (Fsp3) is 0.462. The Morgan fingerprint density at radius 2 is 2.11 bits per heavy atom. The predicted octanol–water partition coefficient (Wildman–Crippen LogP) is 2.19. The maximum absolute atomic E-state index is 13.0. The molecule has 1 aliphatic heterocycles. The lowest BCUT2D eigenvalue weighted by atomic mass is 9.88. The second kappa shape index (κ2) is 4.03. The fourth-order valence-electron chi connectivity index (χ4n) is 2.47. The molecule has 1 amide bonds. The van der Waals surface area contributed by atoms with Crippen molar-refractivity contribution in [3.63, 3.8) is 0 Å². The summed E-state index contributed by atoms with van der Waals surface area (Å²) < 4.78 is 13.4. The van der Waals surface area contributed by atoms with E-state index in [0.717, 1.165) is 12.8 Å². The lowest BCUT2D eigenvalue weighted by Gasteiger charge is -2.47. The van der Waals surface area contributed by atoms with Gasteiger partial charge < -0.3 is 10.0 Å². The van der Waals surface area contributed by atoms with E-state index in [0.29, 0.717) is 29.0 Å². The average Bonchev–Trinajstić information content (AvgIpc) is 3.08. The first kappa shape index (κ1) is 12.1. The number of rotatable bonds is 2. The lowest BCUT2D eigenvalue weighted by molar-refractivity contribution is -0.0958. The van der Waals surface area contributed by atoms with Crippen molar-refractivity contribution in [2.45, 2.75) is 18.4 Å². The molecule has 1 aromatic rings. The molecular weight excluding hydrogens is 301 g/mol. The Morgan fingerprint density at radius 1 is 1.44 bits per heavy atom. The summed E-state index contributed by atoms with van der Waals surface area (Å²) in [7, 11) is 0. The molecule has 1 aromatic carbocycles. The molecule has 0 bridgehead atoms. The first-order valence-electron chi connectivity index (χ1n) is 5.96. The van der Waals surface area contributed by atoms with Crippen LogP contribution in [0.15, 0.2) is 22.7 Å². The summed E-state index contributed by atoms with van der Waals surface area (Å²) in [6, 6.07) is 4.02. The van der Waals surface area contributed by atoms with Crippen molar-refractivity contribution in [1.29, 1.82) is 0 Å². The van der Waals surface area contributed by atoms with E-state index in [1.165, 1.54) is 18.2 Å². The van der Waals surface area contributed by atoms with Gasteiger partial charge in [-0.05, 0) is 52.9 Å². The van der Waals surface area contributed by atoms with Crippen LogP contribution in [0, 0.1) is 11.7 Å². The molecule has 1 saturated heterocycles. The summed E-state index contributed by atoms with van der Waals surface area (Å²) >= 11 is 3.19. The molecule has 3 rings (SSSR count). The Morgan fingerprint density at radius 3 is 2.67 bits per heavy atom. The first-order chi connectivity index (χ1) is 8.49. The number of carbonyl (C=O) groups excluding carboxylic acids is 1. The molecule has 2 fully saturated rings. The first-order valence-corrected chi connectivity index (χ1v) is 6.76. The Balaban J connectivity index is 1.72. The summed E-state index contributed by atoms with van der Waals surface area (Å²) in [5.74, 6) is -0.179. The molecule has 0 aromatic heterocycles. The summed E-state index contributed by atoms with van der Waals surface area (Å²) in [6.45, 7) is 0.778. The lowest BCUT2D eigenvalue weighted by Crippen LogP contribution is -2.64. The second-order valence-electron chi connectivity index (χ2n) is 5.16. The molecule has 1 aliphatic carbocycles. The molecule has 1 saturated carbocycles. The predicted molar refractivity (Wildman–Crippen MR) is 67.7 cm³/mol. The van der Waals surface area contributed by atoms with Gasteiger partial charge in [-0.15, -0.1) is 0 Å². The van der Waals surface area contributed by atoms with Gasteiger partial charge in [0.1, 0.15) is 11.4 Å². The number of nitrogens with zero attached hydrogens (tertiary/aromatic N) is 1. The van der Waals surface area contributed by atoms with E-state index < -0.39 is 5.60 Å². The van der Waals surface area contributed by atoms with Gasteiger partial charge >= 0.3 is 0 Å². The van der Waals surface area contributed by atoms with Crippen LogP contribution in [0.1, 0.15) is 23.2 Å². The summed E-state index contributed by atoms with van der Waals surface area (Å²) in [6.07, 6.45) is 2.11. The van der Waals surface area contributed by atoms with Crippen molar-refractivity contribution >= 4 is 21.8 Å². The number of aliphatic hydroxyl groups is 1. The molecule has 5 heteroatoms. The molecule has 3 nitrogen and oxygen atoms in total. The van der Waals surface area contributed by atoms with Crippen LogP contribution in [0.5, 0.6) is 0 Å². The molecular formula is C13H13BrFNO2. The van der Waals surface area contributed by atoms with Gasteiger partial charge in [-0.25, -0.2) is 4.39 Å². The van der Waals surface area contributed by atoms with Crippen molar-refractivity contribution in [1.82, 2.24) is 4.90 Å². The van der Waals surface area contributed by atoms with Crippen molar-refractivity contribution in [2.24, 2.45) is 5.92 Å². The van der Waals surface area contributed by atoms with E-state index >= 15 is 0 Å². The number of halogens is 2. The van der Waals surface area contributed by atoms with Crippen LogP contribution < -0.4 is 0 Å². The highest BCUT2D eigenvalue weighted by Gasteiger charge is 2.53. The minimum Gasteiger partial charge on any atom is -0.386 e. The van der Waals surface area contributed by atoms with Gasteiger partial charge in [0.15, 0.2) is 0 Å². The van der Waals surface area contributed by atoms with E-state index in [1.807, 2.05) is 0 Å². The minimum absolute atomic E-state index is 0.160. The van der Waals surface area contributed by atoms with Crippen molar-refractivity contribution < 1.29 is 14.3 Å². The van der Waals surface area contributed by atoms with E-state index in [2.05, 4.69) is 15.9 Å². The third-order valence-electron chi connectivity index (χ3n) is 3.72. The third-order valence-corrected chi connectivity index (χ3v) is 4.37.